The summed E-state index contributed by atoms with van der Waals surface area (Å²) >= 11 is 0. The average Bonchev–Trinajstić information content (AvgIpc) is 2.25. The van der Waals surface area contributed by atoms with Crippen LogP contribution in [0.3, 0.4) is 0 Å². The Morgan fingerprint density at radius 3 is 2.57 bits per heavy atom. The molecule has 0 aliphatic carbocycles. The van der Waals surface area contributed by atoms with Gasteiger partial charge in [-0.1, -0.05) is 31.9 Å². The highest BCUT2D eigenvalue weighted by Gasteiger charge is 2.09. The molecule has 0 aromatic heterocycles. The van der Waals surface area contributed by atoms with Crippen molar-refractivity contribution in [3.8, 4) is 0 Å². The van der Waals surface area contributed by atoms with Crippen LogP contribution in [-0.4, -0.2) is 37.6 Å². The Morgan fingerprint density at radius 2 is 2.00 bits per heavy atom. The fraction of sp³-hybridized carbons (Fsp3) is 0.833. The first kappa shape index (κ1) is 11.7. The van der Waals surface area contributed by atoms with Crippen molar-refractivity contribution in [3.05, 3.63) is 11.6 Å². The highest BCUT2D eigenvalue weighted by Crippen LogP contribution is 2.07. The van der Waals surface area contributed by atoms with Crippen molar-refractivity contribution in [1.29, 1.82) is 0 Å². The molecule has 1 N–H and O–H groups in total. The summed E-state index contributed by atoms with van der Waals surface area (Å²) in [5.41, 5.74) is 1.62. The number of hydrogen-bond acceptors (Lipinski definition) is 2. The van der Waals surface area contributed by atoms with E-state index in [1.165, 1.54) is 38.9 Å². The van der Waals surface area contributed by atoms with Crippen molar-refractivity contribution in [2.75, 3.05) is 32.7 Å². The summed E-state index contributed by atoms with van der Waals surface area (Å²) in [6.07, 6.45) is 6.16. The lowest BCUT2D eigenvalue weighted by Gasteiger charge is -2.28. The molecule has 0 radical (unpaired) electrons. The van der Waals surface area contributed by atoms with Gasteiger partial charge in [0.15, 0.2) is 0 Å². The Bertz CT molecular complexity index is 169. The number of rotatable bonds is 5. The van der Waals surface area contributed by atoms with E-state index in [4.69, 9.17) is 0 Å². The normalized spacial score (nSPS) is 20.0. The molecule has 0 aromatic carbocycles. The fourth-order valence-electron chi connectivity index (χ4n) is 1.83. The van der Waals surface area contributed by atoms with Gasteiger partial charge in [0.25, 0.3) is 0 Å². The second-order valence-corrected chi connectivity index (χ2v) is 4.03. The Kier molecular flexibility index (Phi) is 5.88. The Hall–Kier alpha value is -0.340. The summed E-state index contributed by atoms with van der Waals surface area (Å²) in [7, 11) is 0. The molecule has 14 heavy (non-hydrogen) atoms. The van der Waals surface area contributed by atoms with Crippen molar-refractivity contribution in [2.45, 2.75) is 33.1 Å². The van der Waals surface area contributed by atoms with Crippen molar-refractivity contribution in [3.63, 3.8) is 0 Å². The molecule has 1 fully saturated rings. The van der Waals surface area contributed by atoms with Gasteiger partial charge in [-0.25, -0.2) is 0 Å². The monoisotopic (exact) mass is 196 g/mol. The van der Waals surface area contributed by atoms with Crippen LogP contribution in [0.5, 0.6) is 0 Å². The first-order chi connectivity index (χ1) is 6.86. The molecule has 0 spiro atoms. The maximum Gasteiger partial charge on any atom is 0.0193 e. The number of nitrogens with one attached hydrogen (secondary N) is 1. The molecule has 1 saturated heterocycles. The second kappa shape index (κ2) is 7.02. The van der Waals surface area contributed by atoms with Gasteiger partial charge >= 0.3 is 0 Å². The first-order valence-electron chi connectivity index (χ1n) is 5.97. The van der Waals surface area contributed by atoms with Crippen LogP contribution in [0.25, 0.3) is 0 Å². The molecule has 2 nitrogen and oxygen atoms in total. The van der Waals surface area contributed by atoms with Crippen molar-refractivity contribution in [2.24, 2.45) is 0 Å². The maximum atomic E-state index is 3.39. The van der Waals surface area contributed by atoms with Gasteiger partial charge in [-0.05, 0) is 12.8 Å². The zero-order chi connectivity index (χ0) is 10.2. The molecule has 0 atom stereocenters. The van der Waals surface area contributed by atoms with E-state index in [1.54, 1.807) is 5.57 Å². The lowest BCUT2D eigenvalue weighted by Crippen LogP contribution is -2.44. The highest BCUT2D eigenvalue weighted by molar-refractivity contribution is 5.04. The Morgan fingerprint density at radius 1 is 1.29 bits per heavy atom. The minimum atomic E-state index is 1.16. The summed E-state index contributed by atoms with van der Waals surface area (Å²) in [6.45, 7) is 10.4. The number of unbranched alkanes of at least 4 members (excludes halogenated alkanes) is 1. The molecule has 0 amide bonds. The Labute approximate surface area is 88.4 Å². The van der Waals surface area contributed by atoms with Gasteiger partial charge in [-0.15, -0.1) is 0 Å². The van der Waals surface area contributed by atoms with Gasteiger partial charge in [0.2, 0.25) is 0 Å². The number of piperazine rings is 1. The minimum absolute atomic E-state index is 1.16. The lowest BCUT2D eigenvalue weighted by molar-refractivity contribution is 0.258. The van der Waals surface area contributed by atoms with E-state index >= 15 is 0 Å². The summed E-state index contributed by atoms with van der Waals surface area (Å²) < 4.78 is 0. The fourth-order valence-corrected chi connectivity index (χ4v) is 1.83. The third-order valence-electron chi connectivity index (χ3n) is 2.81. The van der Waals surface area contributed by atoms with E-state index in [0.717, 1.165) is 13.1 Å². The summed E-state index contributed by atoms with van der Waals surface area (Å²) in [5.74, 6) is 0. The molecule has 0 unspecified atom stereocenters. The predicted octanol–water partition coefficient (Wildman–Crippen LogP) is 2.03. The molecule has 0 aromatic rings. The first-order valence-corrected chi connectivity index (χ1v) is 5.97. The predicted molar refractivity (Wildman–Crippen MR) is 62.6 cm³/mol. The SMILES string of the molecule is CCC/C=C(\CC)CN1CCNCC1. The van der Waals surface area contributed by atoms with E-state index in [1.807, 2.05) is 0 Å². The molecule has 1 rings (SSSR count). The molecule has 1 aliphatic rings. The summed E-state index contributed by atoms with van der Waals surface area (Å²) in [5, 5.41) is 3.39. The zero-order valence-electron chi connectivity index (χ0n) is 9.68. The van der Waals surface area contributed by atoms with Gasteiger partial charge in [-0.3, -0.25) is 4.90 Å². The standard InChI is InChI=1S/C12H24N2/c1-3-5-6-12(4-2)11-14-9-7-13-8-10-14/h6,13H,3-5,7-11H2,1-2H3/b12-6+. The zero-order valence-corrected chi connectivity index (χ0v) is 9.68. The van der Waals surface area contributed by atoms with E-state index in [9.17, 15) is 0 Å². The van der Waals surface area contributed by atoms with Crippen molar-refractivity contribution in [1.82, 2.24) is 10.2 Å². The van der Waals surface area contributed by atoms with Crippen molar-refractivity contribution < 1.29 is 0 Å². The number of nitrogens with zero attached hydrogens (tertiary/aromatic N) is 1. The molecule has 0 saturated carbocycles. The maximum absolute atomic E-state index is 3.39. The Balaban J connectivity index is 2.30. The molecule has 2 heteroatoms. The summed E-state index contributed by atoms with van der Waals surface area (Å²) in [6, 6.07) is 0. The third kappa shape index (κ3) is 4.25. The van der Waals surface area contributed by atoms with Crippen LogP contribution in [0.15, 0.2) is 11.6 Å². The van der Waals surface area contributed by atoms with E-state index < -0.39 is 0 Å². The van der Waals surface area contributed by atoms with Crippen LogP contribution >= 0.6 is 0 Å². The van der Waals surface area contributed by atoms with Crippen LogP contribution in [0, 0.1) is 0 Å². The number of hydrogen-bond donors (Lipinski definition) is 1. The second-order valence-electron chi connectivity index (χ2n) is 4.03. The number of allylic oxidation sites excluding steroid dienone is 1. The molecule has 82 valence electrons. The quantitative estimate of drug-likeness (QED) is 0.677. The molecular formula is C12H24N2. The van der Waals surface area contributed by atoms with Crippen LogP contribution in [0.4, 0.5) is 0 Å². The van der Waals surface area contributed by atoms with Gasteiger partial charge in [0, 0.05) is 32.7 Å². The summed E-state index contributed by atoms with van der Waals surface area (Å²) in [4.78, 5) is 2.56. The van der Waals surface area contributed by atoms with E-state index in [0.29, 0.717) is 0 Å². The molecular weight excluding hydrogens is 172 g/mol. The van der Waals surface area contributed by atoms with Gasteiger partial charge in [0.05, 0.1) is 0 Å². The van der Waals surface area contributed by atoms with Gasteiger partial charge < -0.3 is 5.32 Å². The largest absolute Gasteiger partial charge is 0.314 e. The highest BCUT2D eigenvalue weighted by atomic mass is 15.2. The van der Waals surface area contributed by atoms with Crippen molar-refractivity contribution >= 4 is 0 Å². The average molecular weight is 196 g/mol. The van der Waals surface area contributed by atoms with Crippen LogP contribution in [-0.2, 0) is 0 Å². The van der Waals surface area contributed by atoms with Crippen LogP contribution in [0.1, 0.15) is 33.1 Å². The van der Waals surface area contributed by atoms with E-state index in [-0.39, 0.29) is 0 Å². The molecule has 1 aliphatic heterocycles. The van der Waals surface area contributed by atoms with Crippen LogP contribution < -0.4 is 5.32 Å². The van der Waals surface area contributed by atoms with Gasteiger partial charge in [0.1, 0.15) is 0 Å². The molecule has 1 heterocycles. The smallest absolute Gasteiger partial charge is 0.0193 e. The topological polar surface area (TPSA) is 15.3 Å². The minimum Gasteiger partial charge on any atom is -0.314 e. The molecule has 0 bridgehead atoms. The van der Waals surface area contributed by atoms with E-state index in [2.05, 4.69) is 30.1 Å². The van der Waals surface area contributed by atoms with Gasteiger partial charge in [-0.2, -0.15) is 0 Å². The third-order valence-corrected chi connectivity index (χ3v) is 2.81. The lowest BCUT2D eigenvalue weighted by atomic mass is 10.1. The van der Waals surface area contributed by atoms with Crippen LogP contribution in [0.2, 0.25) is 0 Å².